The van der Waals surface area contributed by atoms with E-state index in [0.29, 0.717) is 0 Å². The van der Waals surface area contributed by atoms with Crippen LogP contribution in [0.25, 0.3) is 0 Å². The summed E-state index contributed by atoms with van der Waals surface area (Å²) in [6.45, 7) is 0.247. The Balaban J connectivity index is 0.00000200. The van der Waals surface area contributed by atoms with Gasteiger partial charge in [0.1, 0.15) is 6.04 Å². The molecule has 1 amide bonds. The fraction of sp³-hybridized carbons (Fsp3) is 0.533. The van der Waals surface area contributed by atoms with Crippen LogP contribution in [-0.2, 0) is 15.1 Å². The van der Waals surface area contributed by atoms with E-state index in [-0.39, 0.29) is 30.5 Å². The maximum absolute atomic E-state index is 12.2. The molecule has 2 rings (SSSR count). The van der Waals surface area contributed by atoms with E-state index >= 15 is 0 Å². The Kier molecular flexibility index (Phi) is 6.46. The van der Waals surface area contributed by atoms with Crippen LogP contribution in [0.1, 0.15) is 31.2 Å². The molecule has 0 spiro atoms. The summed E-state index contributed by atoms with van der Waals surface area (Å²) in [5, 5.41) is 3.15. The number of rotatable bonds is 5. The number of carbonyl (C=O) groups is 1. The number of nitrogens with one attached hydrogen (secondary N) is 1. The van der Waals surface area contributed by atoms with Crippen molar-refractivity contribution in [2.24, 2.45) is 5.73 Å². The van der Waals surface area contributed by atoms with Crippen molar-refractivity contribution in [2.75, 3.05) is 13.7 Å². The standard InChI is InChI=1S/C15H22N2O2.ClH/c1-19-11-13(16)14(18)17-15(9-5-6-10-15)12-7-3-2-4-8-12;/h2-4,7-8,13H,5-6,9-11,16H2,1H3,(H,17,18);1H. The van der Waals surface area contributed by atoms with E-state index in [1.54, 1.807) is 7.11 Å². The molecule has 0 radical (unpaired) electrons. The lowest BCUT2D eigenvalue weighted by Crippen LogP contribution is -2.51. The second-order valence-corrected chi connectivity index (χ2v) is 5.21. The minimum Gasteiger partial charge on any atom is -0.383 e. The zero-order valence-corrected chi connectivity index (χ0v) is 12.6. The van der Waals surface area contributed by atoms with Gasteiger partial charge in [-0.1, -0.05) is 43.2 Å². The predicted molar refractivity (Wildman–Crippen MR) is 81.8 cm³/mol. The highest BCUT2D eigenvalue weighted by atomic mass is 35.5. The lowest BCUT2D eigenvalue weighted by Gasteiger charge is -2.32. The summed E-state index contributed by atoms with van der Waals surface area (Å²) in [6.07, 6.45) is 4.22. The summed E-state index contributed by atoms with van der Waals surface area (Å²) in [4.78, 5) is 12.2. The van der Waals surface area contributed by atoms with Gasteiger partial charge in [-0.15, -0.1) is 12.4 Å². The fourth-order valence-corrected chi connectivity index (χ4v) is 2.81. The normalized spacial score (nSPS) is 18.1. The molecule has 1 atom stereocenters. The van der Waals surface area contributed by atoms with E-state index in [2.05, 4.69) is 17.4 Å². The maximum atomic E-state index is 12.2. The first-order chi connectivity index (χ1) is 9.18. The first-order valence-electron chi connectivity index (χ1n) is 6.80. The van der Waals surface area contributed by atoms with Gasteiger partial charge in [0.05, 0.1) is 12.1 Å². The molecule has 0 heterocycles. The third kappa shape index (κ3) is 3.72. The lowest BCUT2D eigenvalue weighted by molar-refractivity contribution is -0.125. The van der Waals surface area contributed by atoms with E-state index in [1.807, 2.05) is 18.2 Å². The minimum atomic E-state index is -0.605. The SMILES string of the molecule is COCC(N)C(=O)NC1(c2ccccc2)CCCC1.Cl. The number of hydrogen-bond acceptors (Lipinski definition) is 3. The molecule has 0 saturated heterocycles. The van der Waals surface area contributed by atoms with Crippen molar-refractivity contribution in [1.29, 1.82) is 0 Å². The van der Waals surface area contributed by atoms with Crippen molar-refractivity contribution in [3.63, 3.8) is 0 Å². The summed E-state index contributed by atoms with van der Waals surface area (Å²) in [5.74, 6) is -0.132. The molecule has 1 aromatic rings. The van der Waals surface area contributed by atoms with Crippen molar-refractivity contribution >= 4 is 18.3 Å². The number of nitrogens with two attached hydrogens (primary N) is 1. The van der Waals surface area contributed by atoms with Crippen LogP contribution in [0.15, 0.2) is 30.3 Å². The van der Waals surface area contributed by atoms with Crippen LogP contribution in [0, 0.1) is 0 Å². The van der Waals surface area contributed by atoms with Crippen molar-refractivity contribution in [2.45, 2.75) is 37.3 Å². The van der Waals surface area contributed by atoms with Gasteiger partial charge < -0.3 is 15.8 Å². The third-order valence-electron chi connectivity index (χ3n) is 3.83. The molecule has 0 aromatic heterocycles. The number of hydrogen-bond donors (Lipinski definition) is 2. The van der Waals surface area contributed by atoms with E-state index in [4.69, 9.17) is 10.5 Å². The van der Waals surface area contributed by atoms with Crippen LogP contribution in [-0.4, -0.2) is 25.7 Å². The summed E-state index contributed by atoms with van der Waals surface area (Å²) >= 11 is 0. The van der Waals surface area contributed by atoms with Crippen LogP contribution in [0.3, 0.4) is 0 Å². The maximum Gasteiger partial charge on any atom is 0.239 e. The monoisotopic (exact) mass is 298 g/mol. The number of amides is 1. The second-order valence-electron chi connectivity index (χ2n) is 5.21. The highest BCUT2D eigenvalue weighted by Crippen LogP contribution is 2.38. The van der Waals surface area contributed by atoms with Gasteiger partial charge in [-0.05, 0) is 18.4 Å². The van der Waals surface area contributed by atoms with E-state index in [9.17, 15) is 4.79 Å². The van der Waals surface area contributed by atoms with Crippen LogP contribution in [0.2, 0.25) is 0 Å². The molecule has 112 valence electrons. The molecule has 1 saturated carbocycles. The smallest absolute Gasteiger partial charge is 0.239 e. The third-order valence-corrected chi connectivity index (χ3v) is 3.83. The van der Waals surface area contributed by atoms with Crippen LogP contribution < -0.4 is 11.1 Å². The molecule has 3 N–H and O–H groups in total. The van der Waals surface area contributed by atoms with Gasteiger partial charge in [0.25, 0.3) is 0 Å². The predicted octanol–water partition coefficient (Wildman–Crippen LogP) is 1.97. The molecule has 1 unspecified atom stereocenters. The van der Waals surface area contributed by atoms with Gasteiger partial charge in [0.2, 0.25) is 5.91 Å². The molecular weight excluding hydrogens is 276 g/mol. The van der Waals surface area contributed by atoms with Crippen LogP contribution in [0.4, 0.5) is 0 Å². The second kappa shape index (κ2) is 7.62. The summed E-state index contributed by atoms with van der Waals surface area (Å²) in [6, 6.07) is 9.56. The summed E-state index contributed by atoms with van der Waals surface area (Å²) in [7, 11) is 1.55. The Labute approximate surface area is 126 Å². The Hall–Kier alpha value is -1.10. The quantitative estimate of drug-likeness (QED) is 0.873. The van der Waals surface area contributed by atoms with Gasteiger partial charge in [0.15, 0.2) is 0 Å². The minimum absolute atomic E-state index is 0. The Morgan fingerprint density at radius 2 is 1.95 bits per heavy atom. The van der Waals surface area contributed by atoms with E-state index in [1.165, 1.54) is 5.56 Å². The molecular formula is C15H23ClN2O2. The Bertz CT molecular complexity index is 419. The number of methoxy groups -OCH3 is 1. The molecule has 0 bridgehead atoms. The average molecular weight is 299 g/mol. The summed E-state index contributed by atoms with van der Waals surface area (Å²) < 4.78 is 4.94. The number of ether oxygens (including phenoxy) is 1. The molecule has 1 aromatic carbocycles. The topological polar surface area (TPSA) is 64.3 Å². The van der Waals surface area contributed by atoms with Gasteiger partial charge in [0, 0.05) is 7.11 Å². The van der Waals surface area contributed by atoms with Crippen molar-refractivity contribution in [3.8, 4) is 0 Å². The lowest BCUT2D eigenvalue weighted by atomic mass is 9.88. The Morgan fingerprint density at radius 1 is 1.35 bits per heavy atom. The molecule has 1 aliphatic carbocycles. The van der Waals surface area contributed by atoms with Gasteiger partial charge in [-0.3, -0.25) is 4.79 Å². The molecule has 5 heteroatoms. The van der Waals surface area contributed by atoms with E-state index < -0.39 is 6.04 Å². The van der Waals surface area contributed by atoms with Crippen molar-refractivity contribution < 1.29 is 9.53 Å². The van der Waals surface area contributed by atoms with Gasteiger partial charge in [-0.2, -0.15) is 0 Å². The fourth-order valence-electron chi connectivity index (χ4n) is 2.81. The van der Waals surface area contributed by atoms with Gasteiger partial charge >= 0.3 is 0 Å². The molecule has 1 fully saturated rings. The Morgan fingerprint density at radius 3 is 2.50 bits per heavy atom. The van der Waals surface area contributed by atoms with Crippen LogP contribution >= 0.6 is 12.4 Å². The van der Waals surface area contributed by atoms with Gasteiger partial charge in [-0.25, -0.2) is 0 Å². The molecule has 4 nitrogen and oxygen atoms in total. The van der Waals surface area contributed by atoms with Crippen LogP contribution in [0.5, 0.6) is 0 Å². The molecule has 20 heavy (non-hydrogen) atoms. The van der Waals surface area contributed by atoms with E-state index in [0.717, 1.165) is 25.7 Å². The first kappa shape index (κ1) is 17.0. The number of benzene rings is 1. The largest absolute Gasteiger partial charge is 0.383 e. The number of halogens is 1. The average Bonchev–Trinajstić information content (AvgIpc) is 2.90. The highest BCUT2D eigenvalue weighted by molar-refractivity contribution is 5.85. The molecule has 0 aliphatic heterocycles. The zero-order valence-electron chi connectivity index (χ0n) is 11.8. The molecule has 1 aliphatic rings. The highest BCUT2D eigenvalue weighted by Gasteiger charge is 2.37. The number of carbonyl (C=O) groups excluding carboxylic acids is 1. The van der Waals surface area contributed by atoms with Crippen molar-refractivity contribution in [1.82, 2.24) is 5.32 Å². The van der Waals surface area contributed by atoms with Crippen molar-refractivity contribution in [3.05, 3.63) is 35.9 Å². The first-order valence-corrected chi connectivity index (χ1v) is 6.80. The summed E-state index contributed by atoms with van der Waals surface area (Å²) in [5.41, 5.74) is 6.73. The zero-order chi connectivity index (χ0) is 13.7.